The molecule has 1 atom stereocenters. The van der Waals surface area contributed by atoms with Crippen LogP contribution in [0.1, 0.15) is 39.0 Å². The zero-order chi connectivity index (χ0) is 19.2. The van der Waals surface area contributed by atoms with E-state index < -0.39 is 0 Å². The van der Waals surface area contributed by atoms with Crippen LogP contribution in [0.4, 0.5) is 11.4 Å². The summed E-state index contributed by atoms with van der Waals surface area (Å²) in [5.74, 6) is -0.277. The van der Waals surface area contributed by atoms with E-state index in [0.717, 1.165) is 57.7 Å². The molecule has 2 fully saturated rings. The Kier molecular flexibility index (Phi) is 6.72. The lowest BCUT2D eigenvalue weighted by molar-refractivity contribution is -0.137. The Morgan fingerprint density at radius 1 is 1.04 bits per heavy atom. The molecule has 0 spiro atoms. The van der Waals surface area contributed by atoms with Crippen LogP contribution in [0.15, 0.2) is 24.3 Å². The first-order valence-corrected chi connectivity index (χ1v) is 10.2. The number of benzene rings is 1. The summed E-state index contributed by atoms with van der Waals surface area (Å²) < 4.78 is 0. The number of hydrogen-bond donors (Lipinski definition) is 1. The molecule has 3 rings (SSSR count). The summed E-state index contributed by atoms with van der Waals surface area (Å²) >= 11 is 0. The van der Waals surface area contributed by atoms with Crippen molar-refractivity contribution in [1.29, 1.82) is 0 Å². The zero-order valence-electron chi connectivity index (χ0n) is 16.6. The zero-order valence-corrected chi connectivity index (χ0v) is 16.6. The lowest BCUT2D eigenvalue weighted by Crippen LogP contribution is -2.44. The van der Waals surface area contributed by atoms with Gasteiger partial charge in [0.15, 0.2) is 0 Å². The van der Waals surface area contributed by atoms with Gasteiger partial charge in [0.05, 0.1) is 0 Å². The van der Waals surface area contributed by atoms with Crippen LogP contribution < -0.4 is 10.2 Å². The number of likely N-dealkylation sites (N-methyl/N-ethyl adjacent to an activating group) is 1. The lowest BCUT2D eigenvalue weighted by Gasteiger charge is -2.35. The Hall–Kier alpha value is -2.08. The van der Waals surface area contributed by atoms with Gasteiger partial charge in [0.1, 0.15) is 6.42 Å². The number of hydrogen-bond acceptors (Lipinski definition) is 4. The Balaban J connectivity index is 1.51. The summed E-state index contributed by atoms with van der Waals surface area (Å²) in [5.41, 5.74) is 1.92. The Labute approximate surface area is 162 Å². The first kappa shape index (κ1) is 19.7. The van der Waals surface area contributed by atoms with Crippen molar-refractivity contribution < 1.29 is 9.59 Å². The topological polar surface area (TPSA) is 55.9 Å². The van der Waals surface area contributed by atoms with Gasteiger partial charge in [-0.3, -0.25) is 9.59 Å². The quantitative estimate of drug-likeness (QED) is 0.807. The van der Waals surface area contributed by atoms with Crippen LogP contribution >= 0.6 is 0 Å². The highest BCUT2D eigenvalue weighted by atomic mass is 16.2. The number of piperazine rings is 1. The third-order valence-corrected chi connectivity index (χ3v) is 5.75. The standard InChI is InChI=1S/C21H32N4O2/c1-3-18-6-4-5-11-25(18)21(27)16-20(26)22-17-7-9-19(10-8-17)24-14-12-23(2)13-15-24/h7-10,18H,3-6,11-16H2,1-2H3,(H,22,26). The van der Waals surface area contributed by atoms with Gasteiger partial charge in [0, 0.05) is 50.1 Å². The first-order chi connectivity index (χ1) is 13.1. The van der Waals surface area contributed by atoms with Crippen LogP contribution in [0.5, 0.6) is 0 Å². The minimum Gasteiger partial charge on any atom is -0.369 e. The van der Waals surface area contributed by atoms with Gasteiger partial charge in [-0.25, -0.2) is 0 Å². The largest absolute Gasteiger partial charge is 0.369 e. The third kappa shape index (κ3) is 5.22. The van der Waals surface area contributed by atoms with E-state index in [1.807, 2.05) is 29.2 Å². The Bertz CT molecular complexity index is 638. The highest BCUT2D eigenvalue weighted by molar-refractivity contribution is 6.03. The van der Waals surface area contributed by atoms with Crippen LogP contribution in [-0.2, 0) is 9.59 Å². The predicted molar refractivity (Wildman–Crippen MR) is 109 cm³/mol. The molecule has 6 heteroatoms. The Morgan fingerprint density at radius 2 is 1.74 bits per heavy atom. The van der Waals surface area contributed by atoms with Crippen molar-refractivity contribution in [3.8, 4) is 0 Å². The van der Waals surface area contributed by atoms with Gasteiger partial charge < -0.3 is 20.0 Å². The molecule has 1 N–H and O–H groups in total. The molecule has 148 valence electrons. The van der Waals surface area contributed by atoms with E-state index >= 15 is 0 Å². The fourth-order valence-corrected chi connectivity index (χ4v) is 4.02. The first-order valence-electron chi connectivity index (χ1n) is 10.2. The maximum atomic E-state index is 12.5. The molecule has 0 aliphatic carbocycles. The molecule has 1 unspecified atom stereocenters. The summed E-state index contributed by atoms with van der Waals surface area (Å²) in [6.45, 7) is 7.06. The van der Waals surface area contributed by atoms with Crippen molar-refractivity contribution in [3.63, 3.8) is 0 Å². The van der Waals surface area contributed by atoms with E-state index in [1.54, 1.807) is 0 Å². The van der Waals surface area contributed by atoms with Gasteiger partial charge in [-0.05, 0) is 57.0 Å². The summed E-state index contributed by atoms with van der Waals surface area (Å²) in [5, 5.41) is 2.87. The molecule has 2 saturated heterocycles. The molecule has 6 nitrogen and oxygen atoms in total. The van der Waals surface area contributed by atoms with E-state index in [4.69, 9.17) is 0 Å². The summed E-state index contributed by atoms with van der Waals surface area (Å²) in [7, 11) is 2.14. The van der Waals surface area contributed by atoms with E-state index in [0.29, 0.717) is 6.04 Å². The SMILES string of the molecule is CCC1CCCCN1C(=O)CC(=O)Nc1ccc(N2CCN(C)CC2)cc1. The maximum absolute atomic E-state index is 12.5. The molecule has 2 aliphatic rings. The van der Waals surface area contributed by atoms with Crippen LogP contribution in [0.2, 0.25) is 0 Å². The highest BCUT2D eigenvalue weighted by Crippen LogP contribution is 2.21. The summed E-state index contributed by atoms with van der Waals surface area (Å²) in [6, 6.07) is 8.22. The third-order valence-electron chi connectivity index (χ3n) is 5.75. The highest BCUT2D eigenvalue weighted by Gasteiger charge is 2.26. The maximum Gasteiger partial charge on any atom is 0.233 e. The number of rotatable bonds is 5. The Morgan fingerprint density at radius 3 is 2.41 bits per heavy atom. The molecule has 1 aromatic rings. The normalized spacial score (nSPS) is 21.2. The van der Waals surface area contributed by atoms with Crippen molar-refractivity contribution in [1.82, 2.24) is 9.80 Å². The molecule has 0 bridgehead atoms. The van der Waals surface area contributed by atoms with Crippen molar-refractivity contribution in [2.75, 3.05) is 50.0 Å². The monoisotopic (exact) mass is 372 g/mol. The van der Waals surface area contributed by atoms with Gasteiger partial charge in [-0.1, -0.05) is 6.92 Å². The minimum absolute atomic E-state index is 0.0480. The summed E-state index contributed by atoms with van der Waals surface area (Å²) in [6.07, 6.45) is 4.15. The second-order valence-electron chi connectivity index (χ2n) is 7.71. The van der Waals surface area contributed by atoms with E-state index in [2.05, 4.69) is 29.1 Å². The fourth-order valence-electron chi connectivity index (χ4n) is 4.02. The molecule has 0 saturated carbocycles. The lowest BCUT2D eigenvalue weighted by atomic mass is 9.99. The number of amides is 2. The average molecular weight is 373 g/mol. The van der Waals surface area contributed by atoms with E-state index in [1.165, 1.54) is 12.1 Å². The molecule has 0 radical (unpaired) electrons. The summed E-state index contributed by atoms with van der Waals surface area (Å²) in [4.78, 5) is 31.4. The second kappa shape index (κ2) is 9.22. The molecule has 2 heterocycles. The molecular weight excluding hydrogens is 340 g/mol. The van der Waals surface area contributed by atoms with Gasteiger partial charge in [0.2, 0.25) is 11.8 Å². The van der Waals surface area contributed by atoms with E-state index in [9.17, 15) is 9.59 Å². The fraction of sp³-hybridized carbons (Fsp3) is 0.619. The predicted octanol–water partition coefficient (Wildman–Crippen LogP) is 2.56. The van der Waals surface area contributed by atoms with Crippen molar-refractivity contribution in [3.05, 3.63) is 24.3 Å². The minimum atomic E-state index is -0.229. The molecule has 2 amide bonds. The van der Waals surface area contributed by atoms with Gasteiger partial charge in [-0.15, -0.1) is 0 Å². The van der Waals surface area contributed by atoms with Gasteiger partial charge in [0.25, 0.3) is 0 Å². The molecule has 0 aromatic heterocycles. The number of nitrogens with one attached hydrogen (secondary N) is 1. The van der Waals surface area contributed by atoms with Gasteiger partial charge >= 0.3 is 0 Å². The molecular formula is C21H32N4O2. The number of carbonyl (C=O) groups excluding carboxylic acids is 2. The number of anilines is 2. The number of carbonyl (C=O) groups is 2. The van der Waals surface area contributed by atoms with Crippen LogP contribution in [0.3, 0.4) is 0 Å². The smallest absolute Gasteiger partial charge is 0.233 e. The molecule has 1 aromatic carbocycles. The van der Waals surface area contributed by atoms with Crippen molar-refractivity contribution in [2.24, 2.45) is 0 Å². The number of piperidine rings is 1. The average Bonchev–Trinajstić information content (AvgIpc) is 2.69. The van der Waals surface area contributed by atoms with Crippen LogP contribution in [-0.4, -0.2) is 67.4 Å². The van der Waals surface area contributed by atoms with Crippen molar-refractivity contribution in [2.45, 2.75) is 45.1 Å². The van der Waals surface area contributed by atoms with Crippen LogP contribution in [0, 0.1) is 0 Å². The van der Waals surface area contributed by atoms with Crippen LogP contribution in [0.25, 0.3) is 0 Å². The molecule has 2 aliphatic heterocycles. The van der Waals surface area contributed by atoms with Crippen molar-refractivity contribution >= 4 is 23.2 Å². The number of likely N-dealkylation sites (tertiary alicyclic amines) is 1. The second-order valence-corrected chi connectivity index (χ2v) is 7.71. The van der Waals surface area contributed by atoms with Gasteiger partial charge in [-0.2, -0.15) is 0 Å². The molecule has 27 heavy (non-hydrogen) atoms. The van der Waals surface area contributed by atoms with E-state index in [-0.39, 0.29) is 18.2 Å². The number of nitrogens with zero attached hydrogens (tertiary/aromatic N) is 3.